The standard InChI is InChI=1S/C14H14ClNO4S/c1-19-11(20-2)7-10-12(14(17)18)21-13(16-10)8-3-5-9(15)6-4-8/h3-6,11H,7H2,1-2H3,(H,17,18). The van der Waals surface area contributed by atoms with Gasteiger partial charge >= 0.3 is 5.97 Å². The maximum atomic E-state index is 11.3. The van der Waals surface area contributed by atoms with Gasteiger partial charge in [-0.25, -0.2) is 9.78 Å². The molecule has 1 aromatic carbocycles. The minimum atomic E-state index is -1.01. The van der Waals surface area contributed by atoms with Gasteiger partial charge in [-0.3, -0.25) is 0 Å². The second-order valence-electron chi connectivity index (χ2n) is 4.21. The Morgan fingerprint density at radius 1 is 1.33 bits per heavy atom. The lowest BCUT2D eigenvalue weighted by atomic mass is 10.2. The Morgan fingerprint density at radius 2 is 1.95 bits per heavy atom. The molecule has 0 radical (unpaired) electrons. The molecule has 1 heterocycles. The second-order valence-corrected chi connectivity index (χ2v) is 5.65. The Balaban J connectivity index is 2.36. The average molecular weight is 328 g/mol. The van der Waals surface area contributed by atoms with E-state index >= 15 is 0 Å². The largest absolute Gasteiger partial charge is 0.477 e. The van der Waals surface area contributed by atoms with Crippen molar-refractivity contribution in [2.45, 2.75) is 12.7 Å². The SMILES string of the molecule is COC(Cc1nc(-c2ccc(Cl)cc2)sc1C(=O)O)OC. The number of carboxylic acid groups (broad SMARTS) is 1. The molecule has 0 aliphatic carbocycles. The first-order valence-electron chi connectivity index (χ1n) is 6.09. The van der Waals surface area contributed by atoms with E-state index in [0.717, 1.165) is 16.9 Å². The Labute approximate surface area is 131 Å². The van der Waals surface area contributed by atoms with Gasteiger partial charge in [0.2, 0.25) is 0 Å². The first kappa shape index (κ1) is 15.9. The van der Waals surface area contributed by atoms with Crippen LogP contribution in [0.5, 0.6) is 0 Å². The fourth-order valence-corrected chi connectivity index (χ4v) is 2.86. The fraction of sp³-hybridized carbons (Fsp3) is 0.286. The van der Waals surface area contributed by atoms with Crippen molar-refractivity contribution >= 4 is 28.9 Å². The van der Waals surface area contributed by atoms with Crippen molar-refractivity contribution in [3.05, 3.63) is 39.9 Å². The number of rotatable bonds is 6. The first-order valence-corrected chi connectivity index (χ1v) is 7.29. The van der Waals surface area contributed by atoms with Gasteiger partial charge in [0, 0.05) is 31.2 Å². The molecule has 0 atom stereocenters. The maximum absolute atomic E-state index is 11.3. The van der Waals surface area contributed by atoms with Gasteiger partial charge in [-0.05, 0) is 12.1 Å². The van der Waals surface area contributed by atoms with Crippen LogP contribution in [0.1, 0.15) is 15.4 Å². The van der Waals surface area contributed by atoms with E-state index in [2.05, 4.69) is 4.98 Å². The highest BCUT2D eigenvalue weighted by Gasteiger charge is 2.21. The lowest BCUT2D eigenvalue weighted by Gasteiger charge is -2.11. The summed E-state index contributed by atoms with van der Waals surface area (Å²) in [5, 5.41) is 10.5. The van der Waals surface area contributed by atoms with E-state index in [-0.39, 0.29) is 11.3 Å². The zero-order chi connectivity index (χ0) is 15.4. The Morgan fingerprint density at radius 3 is 2.48 bits per heavy atom. The number of carboxylic acids is 1. The predicted molar refractivity (Wildman–Crippen MR) is 81.0 cm³/mol. The predicted octanol–water partition coefficient (Wildman–Crippen LogP) is 3.32. The smallest absolute Gasteiger partial charge is 0.347 e. The lowest BCUT2D eigenvalue weighted by molar-refractivity contribution is -0.101. The van der Waals surface area contributed by atoms with Gasteiger partial charge in [0.15, 0.2) is 6.29 Å². The Hall–Kier alpha value is -1.47. The third-order valence-corrected chi connectivity index (χ3v) is 4.26. The topological polar surface area (TPSA) is 68.7 Å². The highest BCUT2D eigenvalue weighted by Crippen LogP contribution is 2.30. The number of aromatic nitrogens is 1. The summed E-state index contributed by atoms with van der Waals surface area (Å²) in [5.74, 6) is -1.01. The number of nitrogens with zero attached hydrogens (tertiary/aromatic N) is 1. The van der Waals surface area contributed by atoms with Gasteiger partial charge in [0.05, 0.1) is 5.69 Å². The molecule has 0 bridgehead atoms. The molecule has 1 aromatic heterocycles. The van der Waals surface area contributed by atoms with E-state index in [0.29, 0.717) is 15.7 Å². The van der Waals surface area contributed by atoms with Crippen LogP contribution in [0.2, 0.25) is 5.02 Å². The van der Waals surface area contributed by atoms with E-state index in [1.165, 1.54) is 14.2 Å². The number of hydrogen-bond acceptors (Lipinski definition) is 5. The summed E-state index contributed by atoms with van der Waals surface area (Å²) in [6.45, 7) is 0. The molecule has 0 fully saturated rings. The Bertz CT molecular complexity index is 622. The molecule has 1 N–H and O–H groups in total. The molecule has 7 heteroatoms. The number of thiazole rings is 1. The average Bonchev–Trinajstić information content (AvgIpc) is 2.89. The van der Waals surface area contributed by atoms with Crippen molar-refractivity contribution in [3.63, 3.8) is 0 Å². The second kappa shape index (κ2) is 7.00. The van der Waals surface area contributed by atoms with Crippen LogP contribution >= 0.6 is 22.9 Å². The number of benzene rings is 1. The highest BCUT2D eigenvalue weighted by molar-refractivity contribution is 7.17. The quantitative estimate of drug-likeness (QED) is 0.824. The van der Waals surface area contributed by atoms with Crippen molar-refractivity contribution in [3.8, 4) is 10.6 Å². The first-order chi connectivity index (χ1) is 10.0. The number of carbonyl (C=O) groups is 1. The van der Waals surface area contributed by atoms with Gasteiger partial charge in [-0.2, -0.15) is 0 Å². The highest BCUT2D eigenvalue weighted by atomic mass is 35.5. The van der Waals surface area contributed by atoms with Crippen LogP contribution < -0.4 is 0 Å². The van der Waals surface area contributed by atoms with E-state index in [9.17, 15) is 9.90 Å². The van der Waals surface area contributed by atoms with Crippen molar-refractivity contribution in [2.75, 3.05) is 14.2 Å². The van der Waals surface area contributed by atoms with Crippen LogP contribution in [0.4, 0.5) is 0 Å². The monoisotopic (exact) mass is 327 g/mol. The number of methoxy groups -OCH3 is 2. The van der Waals surface area contributed by atoms with E-state index in [1.54, 1.807) is 24.3 Å². The molecule has 2 aromatic rings. The Kier molecular flexibility index (Phi) is 5.30. The summed E-state index contributed by atoms with van der Waals surface area (Å²) in [7, 11) is 3.00. The summed E-state index contributed by atoms with van der Waals surface area (Å²) < 4.78 is 10.2. The summed E-state index contributed by atoms with van der Waals surface area (Å²) in [6.07, 6.45) is -0.248. The van der Waals surface area contributed by atoms with Crippen LogP contribution in [-0.2, 0) is 15.9 Å². The molecule has 0 spiro atoms. The molecule has 0 saturated carbocycles. The molecule has 0 aliphatic rings. The molecular weight excluding hydrogens is 314 g/mol. The zero-order valence-electron chi connectivity index (χ0n) is 11.5. The van der Waals surface area contributed by atoms with Crippen molar-refractivity contribution in [2.24, 2.45) is 0 Å². The minimum Gasteiger partial charge on any atom is -0.477 e. The molecular formula is C14H14ClNO4S. The minimum absolute atomic E-state index is 0.194. The molecule has 0 amide bonds. The van der Waals surface area contributed by atoms with Crippen LogP contribution in [-0.4, -0.2) is 36.6 Å². The van der Waals surface area contributed by atoms with Crippen LogP contribution in [0.3, 0.4) is 0 Å². The van der Waals surface area contributed by atoms with E-state index in [4.69, 9.17) is 21.1 Å². The van der Waals surface area contributed by atoms with Gasteiger partial charge in [0.25, 0.3) is 0 Å². The van der Waals surface area contributed by atoms with Gasteiger partial charge < -0.3 is 14.6 Å². The summed E-state index contributed by atoms with van der Waals surface area (Å²) in [4.78, 5) is 15.9. The normalized spacial score (nSPS) is 11.0. The molecule has 0 saturated heterocycles. The van der Waals surface area contributed by atoms with Crippen molar-refractivity contribution in [1.29, 1.82) is 0 Å². The summed E-state index contributed by atoms with van der Waals surface area (Å²) in [5.41, 5.74) is 1.27. The molecule has 112 valence electrons. The van der Waals surface area contributed by atoms with Gasteiger partial charge in [0.1, 0.15) is 9.88 Å². The number of halogens is 1. The summed E-state index contributed by atoms with van der Waals surface area (Å²) >= 11 is 6.97. The number of aromatic carboxylic acids is 1. The zero-order valence-corrected chi connectivity index (χ0v) is 13.1. The van der Waals surface area contributed by atoms with E-state index < -0.39 is 12.3 Å². The van der Waals surface area contributed by atoms with Crippen LogP contribution in [0, 0.1) is 0 Å². The maximum Gasteiger partial charge on any atom is 0.347 e. The van der Waals surface area contributed by atoms with Crippen LogP contribution in [0.15, 0.2) is 24.3 Å². The third-order valence-electron chi connectivity index (χ3n) is 2.87. The number of hydrogen-bond donors (Lipinski definition) is 1. The lowest BCUT2D eigenvalue weighted by Crippen LogP contribution is -2.17. The molecule has 2 rings (SSSR count). The molecule has 5 nitrogen and oxygen atoms in total. The van der Waals surface area contributed by atoms with Crippen LogP contribution in [0.25, 0.3) is 10.6 Å². The van der Waals surface area contributed by atoms with Gasteiger partial charge in [-0.15, -0.1) is 11.3 Å². The van der Waals surface area contributed by atoms with Crippen molar-refractivity contribution < 1.29 is 19.4 Å². The summed E-state index contributed by atoms with van der Waals surface area (Å²) in [6, 6.07) is 7.10. The third kappa shape index (κ3) is 3.79. The molecule has 21 heavy (non-hydrogen) atoms. The molecule has 0 unspecified atom stereocenters. The molecule has 0 aliphatic heterocycles. The number of ether oxygens (including phenoxy) is 2. The fourth-order valence-electron chi connectivity index (χ4n) is 1.79. The van der Waals surface area contributed by atoms with Crippen molar-refractivity contribution in [1.82, 2.24) is 4.98 Å². The van der Waals surface area contributed by atoms with E-state index in [1.807, 2.05) is 0 Å². The van der Waals surface area contributed by atoms with Gasteiger partial charge in [-0.1, -0.05) is 23.7 Å².